The lowest BCUT2D eigenvalue weighted by Gasteiger charge is -2.27. The van der Waals surface area contributed by atoms with Crippen LogP contribution >= 0.6 is 24.0 Å². The lowest BCUT2D eigenvalue weighted by Crippen LogP contribution is -2.40. The van der Waals surface area contributed by atoms with Crippen LogP contribution in [0.25, 0.3) is 0 Å². The van der Waals surface area contributed by atoms with Gasteiger partial charge in [-0.3, -0.25) is 4.99 Å². The van der Waals surface area contributed by atoms with Crippen LogP contribution < -0.4 is 5.32 Å². The number of ether oxygens (including phenoxy) is 1. The molecule has 2 rings (SSSR count). The Balaban J connectivity index is 0.00000288. The van der Waals surface area contributed by atoms with Crippen molar-refractivity contribution in [2.45, 2.75) is 58.3 Å². The van der Waals surface area contributed by atoms with Crippen molar-refractivity contribution in [1.29, 1.82) is 0 Å². The van der Waals surface area contributed by atoms with Gasteiger partial charge in [0.05, 0.1) is 0 Å². The minimum absolute atomic E-state index is 0. The fourth-order valence-corrected chi connectivity index (χ4v) is 3.42. The molecule has 140 valence electrons. The largest absolute Gasteiger partial charge is 0.381 e. The van der Waals surface area contributed by atoms with E-state index in [4.69, 9.17) is 9.73 Å². The van der Waals surface area contributed by atoms with E-state index >= 15 is 0 Å². The summed E-state index contributed by atoms with van der Waals surface area (Å²) in [5.41, 5.74) is 1.61. The van der Waals surface area contributed by atoms with Gasteiger partial charge in [-0.05, 0) is 64.2 Å². The quantitative estimate of drug-likeness (QED) is 0.274. The Morgan fingerprint density at radius 3 is 2.79 bits per heavy atom. The maximum absolute atomic E-state index is 5.45. The number of hydrogen-bond acceptors (Lipinski definition) is 2. The average molecular weight is 449 g/mol. The fourth-order valence-electron chi connectivity index (χ4n) is 3.42. The van der Waals surface area contributed by atoms with Crippen molar-refractivity contribution in [3.8, 4) is 0 Å². The molecule has 1 fully saturated rings. The zero-order valence-corrected chi connectivity index (χ0v) is 17.9. The topological polar surface area (TPSA) is 36.9 Å². The minimum Gasteiger partial charge on any atom is -0.381 e. The lowest BCUT2D eigenvalue weighted by molar-refractivity contribution is 0.0625. The van der Waals surface area contributed by atoms with Crippen LogP contribution in [0, 0.1) is 5.92 Å². The molecule has 0 bridgehead atoms. The lowest BCUT2D eigenvalue weighted by atomic mass is 9.96. The molecule has 4 nitrogen and oxygen atoms in total. The number of nitrogens with zero attached hydrogens (tertiary/aromatic N) is 2. The van der Waals surface area contributed by atoms with Crippen LogP contribution in [0.4, 0.5) is 0 Å². The van der Waals surface area contributed by atoms with E-state index in [9.17, 15) is 0 Å². The summed E-state index contributed by atoms with van der Waals surface area (Å²) in [4.78, 5) is 7.14. The first kappa shape index (κ1) is 21.7. The third-order valence-electron chi connectivity index (χ3n) is 4.99. The zero-order chi connectivity index (χ0) is 16.3. The number of aliphatic imine (C=N–C) groups is 1. The van der Waals surface area contributed by atoms with Crippen molar-refractivity contribution in [2.24, 2.45) is 10.9 Å². The maximum Gasteiger partial charge on any atom is 0.193 e. The molecule has 24 heavy (non-hydrogen) atoms. The molecule has 0 aromatic carbocycles. The highest BCUT2D eigenvalue weighted by atomic mass is 127. The van der Waals surface area contributed by atoms with E-state index in [0.29, 0.717) is 0 Å². The molecule has 0 atom stereocenters. The van der Waals surface area contributed by atoms with Crippen molar-refractivity contribution in [1.82, 2.24) is 10.2 Å². The molecular formula is C19H36IN3O. The Hall–Kier alpha value is -0.300. The molecule has 0 spiro atoms. The Labute approximate surface area is 165 Å². The monoisotopic (exact) mass is 449 g/mol. The second-order valence-electron chi connectivity index (χ2n) is 6.86. The summed E-state index contributed by atoms with van der Waals surface area (Å²) in [5.74, 6) is 1.89. The van der Waals surface area contributed by atoms with E-state index < -0.39 is 0 Å². The van der Waals surface area contributed by atoms with Gasteiger partial charge in [0.2, 0.25) is 0 Å². The van der Waals surface area contributed by atoms with Gasteiger partial charge in [-0.1, -0.05) is 11.6 Å². The minimum atomic E-state index is 0. The van der Waals surface area contributed by atoms with Gasteiger partial charge < -0.3 is 15.0 Å². The van der Waals surface area contributed by atoms with Crippen molar-refractivity contribution < 1.29 is 4.74 Å². The first-order valence-corrected chi connectivity index (χ1v) is 9.54. The summed E-state index contributed by atoms with van der Waals surface area (Å²) in [5, 5.41) is 3.44. The normalized spacial score (nSPS) is 19.4. The number of nitrogens with one attached hydrogen (secondary N) is 1. The van der Waals surface area contributed by atoms with Crippen molar-refractivity contribution in [3.05, 3.63) is 11.6 Å². The second kappa shape index (κ2) is 13.0. The van der Waals surface area contributed by atoms with Crippen LogP contribution in [-0.4, -0.2) is 50.8 Å². The first-order chi connectivity index (χ1) is 11.3. The molecule has 0 radical (unpaired) electrons. The number of guanidine groups is 1. The van der Waals surface area contributed by atoms with Gasteiger partial charge in [-0.25, -0.2) is 0 Å². The molecule has 0 aromatic heterocycles. The van der Waals surface area contributed by atoms with Gasteiger partial charge in [0.15, 0.2) is 5.96 Å². The van der Waals surface area contributed by atoms with E-state index in [0.717, 1.165) is 51.1 Å². The summed E-state index contributed by atoms with van der Waals surface area (Å²) >= 11 is 0. The average Bonchev–Trinajstić information content (AvgIpc) is 2.61. The highest BCUT2D eigenvalue weighted by Gasteiger charge is 2.15. The summed E-state index contributed by atoms with van der Waals surface area (Å²) in [7, 11) is 2.17. The fraction of sp³-hybridized carbons (Fsp3) is 0.842. The van der Waals surface area contributed by atoms with E-state index in [1.165, 1.54) is 44.9 Å². The van der Waals surface area contributed by atoms with Gasteiger partial charge in [-0.2, -0.15) is 0 Å². The van der Waals surface area contributed by atoms with Gasteiger partial charge in [0, 0.05) is 39.9 Å². The van der Waals surface area contributed by atoms with Crippen LogP contribution in [0.2, 0.25) is 0 Å². The van der Waals surface area contributed by atoms with E-state index in [1.807, 2.05) is 0 Å². The Bertz CT molecular complexity index is 392. The van der Waals surface area contributed by atoms with Crippen molar-refractivity contribution >= 4 is 29.9 Å². The Kier molecular flexibility index (Phi) is 11.8. The molecular weight excluding hydrogens is 413 g/mol. The third-order valence-corrected chi connectivity index (χ3v) is 4.99. The van der Waals surface area contributed by atoms with Crippen LogP contribution in [0.1, 0.15) is 58.3 Å². The predicted octanol–water partition coefficient (Wildman–Crippen LogP) is 4.21. The van der Waals surface area contributed by atoms with E-state index in [2.05, 4.69) is 30.3 Å². The molecule has 1 aliphatic heterocycles. The van der Waals surface area contributed by atoms with Gasteiger partial charge in [0.25, 0.3) is 0 Å². The van der Waals surface area contributed by atoms with Gasteiger partial charge in [-0.15, -0.1) is 24.0 Å². The van der Waals surface area contributed by atoms with Crippen molar-refractivity contribution in [3.63, 3.8) is 0 Å². The molecule has 0 unspecified atom stereocenters. The van der Waals surface area contributed by atoms with E-state index in [1.54, 1.807) is 5.57 Å². The highest BCUT2D eigenvalue weighted by Crippen LogP contribution is 2.20. The summed E-state index contributed by atoms with van der Waals surface area (Å²) in [6.07, 6.45) is 12.5. The van der Waals surface area contributed by atoms with Crippen LogP contribution in [0.3, 0.4) is 0 Å². The van der Waals surface area contributed by atoms with Crippen LogP contribution in [-0.2, 0) is 4.74 Å². The second-order valence-corrected chi connectivity index (χ2v) is 6.86. The number of halogens is 1. The van der Waals surface area contributed by atoms with E-state index in [-0.39, 0.29) is 24.0 Å². The number of hydrogen-bond donors (Lipinski definition) is 1. The molecule has 0 saturated carbocycles. The molecule has 1 heterocycles. The predicted molar refractivity (Wildman–Crippen MR) is 113 cm³/mol. The van der Waals surface area contributed by atoms with Gasteiger partial charge in [0.1, 0.15) is 0 Å². The molecule has 2 aliphatic rings. The summed E-state index contributed by atoms with van der Waals surface area (Å²) < 4.78 is 5.45. The smallest absolute Gasteiger partial charge is 0.193 e. The summed E-state index contributed by atoms with van der Waals surface area (Å²) in [6, 6.07) is 0. The zero-order valence-electron chi connectivity index (χ0n) is 15.6. The molecule has 5 heteroatoms. The molecule has 1 aliphatic carbocycles. The maximum atomic E-state index is 5.45. The Morgan fingerprint density at radius 2 is 2.12 bits per heavy atom. The van der Waals surface area contributed by atoms with Crippen LogP contribution in [0.5, 0.6) is 0 Å². The molecule has 1 saturated heterocycles. The van der Waals surface area contributed by atoms with Gasteiger partial charge >= 0.3 is 0 Å². The summed E-state index contributed by atoms with van der Waals surface area (Å²) in [6.45, 7) is 6.96. The molecule has 0 aromatic rings. The Morgan fingerprint density at radius 1 is 1.33 bits per heavy atom. The first-order valence-electron chi connectivity index (χ1n) is 9.54. The van der Waals surface area contributed by atoms with Crippen molar-refractivity contribution in [2.75, 3.05) is 39.9 Å². The SMILES string of the molecule is CCNC(=NCCC1=CCCCC1)N(C)CCC1CCOCC1.I. The standard InChI is InChI=1S/C19H35N3O.HI/c1-3-20-19(21-13-9-17-7-5-4-6-8-17)22(2)14-10-18-11-15-23-16-12-18;/h7,18H,3-6,8-16H2,1-2H3,(H,20,21);1H. The number of rotatable bonds is 7. The number of allylic oxidation sites excluding steroid dienone is 1. The van der Waals surface area contributed by atoms with Crippen LogP contribution in [0.15, 0.2) is 16.6 Å². The third kappa shape index (κ3) is 8.19. The molecule has 0 amide bonds. The molecule has 1 N–H and O–H groups in total. The highest BCUT2D eigenvalue weighted by molar-refractivity contribution is 14.0.